The molecular weight excluding hydrogens is 221 g/mol. The van der Waals surface area contributed by atoms with Gasteiger partial charge in [-0.15, -0.1) is 0 Å². The van der Waals surface area contributed by atoms with Gasteiger partial charge in [-0.1, -0.05) is 0 Å². The average Bonchev–Trinajstić information content (AvgIpc) is 2.81. The molecule has 3 heteroatoms. The van der Waals surface area contributed by atoms with Gasteiger partial charge in [0.25, 0.3) is 0 Å². The molecule has 0 radical (unpaired) electrons. The van der Waals surface area contributed by atoms with Crippen LogP contribution in [0, 0.1) is 12.7 Å². The first kappa shape index (κ1) is 8.17. The maximum atomic E-state index is 13.2. The first-order valence-corrected chi connectivity index (χ1v) is 4.80. The minimum Gasteiger partial charge on any atom is -0.257 e. The summed E-state index contributed by atoms with van der Waals surface area (Å²) in [6.45, 7) is 1.88. The van der Waals surface area contributed by atoms with Crippen LogP contribution < -0.4 is 0 Å². The van der Waals surface area contributed by atoms with Crippen molar-refractivity contribution < 1.29 is 4.39 Å². The van der Waals surface area contributed by atoms with Crippen LogP contribution in [-0.4, -0.2) is 4.98 Å². The Morgan fingerprint density at radius 1 is 1.58 bits per heavy atom. The Morgan fingerprint density at radius 3 is 2.83 bits per heavy atom. The van der Waals surface area contributed by atoms with Crippen molar-refractivity contribution in [2.45, 2.75) is 25.7 Å². The van der Waals surface area contributed by atoms with Gasteiger partial charge in [0, 0.05) is 10.0 Å². The van der Waals surface area contributed by atoms with Gasteiger partial charge in [-0.2, -0.15) is 0 Å². The molecule has 1 saturated carbocycles. The van der Waals surface area contributed by atoms with Gasteiger partial charge in [0.05, 0.1) is 11.9 Å². The van der Waals surface area contributed by atoms with E-state index in [1.807, 2.05) is 6.92 Å². The molecule has 64 valence electrons. The topological polar surface area (TPSA) is 12.9 Å². The van der Waals surface area contributed by atoms with E-state index in [2.05, 4.69) is 20.9 Å². The molecule has 1 heterocycles. The van der Waals surface area contributed by atoms with Crippen molar-refractivity contribution in [2.75, 3.05) is 0 Å². The van der Waals surface area contributed by atoms with Crippen LogP contribution >= 0.6 is 15.9 Å². The van der Waals surface area contributed by atoms with E-state index in [1.165, 1.54) is 6.20 Å². The number of pyridine rings is 1. The van der Waals surface area contributed by atoms with Crippen molar-refractivity contribution in [3.8, 4) is 0 Å². The van der Waals surface area contributed by atoms with E-state index in [0.717, 1.165) is 28.6 Å². The number of hydrogen-bond acceptors (Lipinski definition) is 1. The standard InChI is InChI=1S/C9H9BrFN/c1-5-9(10)8(6-2-3-6)7(11)4-12-5/h4,6H,2-3H2,1H3. The van der Waals surface area contributed by atoms with E-state index in [-0.39, 0.29) is 5.82 Å². The molecule has 0 saturated heterocycles. The number of halogens is 2. The maximum absolute atomic E-state index is 13.2. The summed E-state index contributed by atoms with van der Waals surface area (Å²) in [4.78, 5) is 3.93. The molecule has 0 spiro atoms. The van der Waals surface area contributed by atoms with E-state index in [9.17, 15) is 4.39 Å². The predicted molar refractivity (Wildman–Crippen MR) is 48.6 cm³/mol. The molecule has 12 heavy (non-hydrogen) atoms. The van der Waals surface area contributed by atoms with Crippen LogP contribution in [0.2, 0.25) is 0 Å². The highest BCUT2D eigenvalue weighted by Crippen LogP contribution is 2.44. The molecule has 0 aromatic carbocycles. The Hall–Kier alpha value is -0.440. The molecule has 0 amide bonds. The van der Waals surface area contributed by atoms with E-state index < -0.39 is 0 Å². The van der Waals surface area contributed by atoms with Crippen LogP contribution in [0.3, 0.4) is 0 Å². The largest absolute Gasteiger partial charge is 0.257 e. The normalized spacial score (nSPS) is 16.6. The van der Waals surface area contributed by atoms with Crippen LogP contribution in [0.25, 0.3) is 0 Å². The van der Waals surface area contributed by atoms with Crippen molar-refractivity contribution in [3.05, 3.63) is 27.7 Å². The summed E-state index contributed by atoms with van der Waals surface area (Å²) in [5.41, 5.74) is 1.70. The second-order valence-electron chi connectivity index (χ2n) is 3.19. The zero-order valence-electron chi connectivity index (χ0n) is 6.77. The number of aromatic nitrogens is 1. The van der Waals surface area contributed by atoms with Crippen molar-refractivity contribution in [3.63, 3.8) is 0 Å². The molecule has 0 N–H and O–H groups in total. The molecule has 1 fully saturated rings. The van der Waals surface area contributed by atoms with Crippen LogP contribution in [0.1, 0.15) is 30.0 Å². The fraction of sp³-hybridized carbons (Fsp3) is 0.444. The van der Waals surface area contributed by atoms with Gasteiger partial charge in [0.1, 0.15) is 5.82 Å². The average molecular weight is 230 g/mol. The summed E-state index contributed by atoms with van der Waals surface area (Å²) in [5.74, 6) is 0.260. The minimum atomic E-state index is -0.171. The quantitative estimate of drug-likeness (QED) is 0.722. The lowest BCUT2D eigenvalue weighted by Gasteiger charge is -2.05. The zero-order valence-corrected chi connectivity index (χ0v) is 8.36. The van der Waals surface area contributed by atoms with E-state index in [4.69, 9.17) is 0 Å². The molecule has 0 atom stereocenters. The lowest BCUT2D eigenvalue weighted by molar-refractivity contribution is 0.601. The Morgan fingerprint density at radius 2 is 2.25 bits per heavy atom. The summed E-state index contributed by atoms with van der Waals surface area (Å²) in [6.07, 6.45) is 3.53. The lowest BCUT2D eigenvalue weighted by Crippen LogP contribution is -1.94. The number of aryl methyl sites for hydroxylation is 1. The summed E-state index contributed by atoms with van der Waals surface area (Å²) in [6, 6.07) is 0. The first-order chi connectivity index (χ1) is 5.70. The molecule has 1 aliphatic carbocycles. The van der Waals surface area contributed by atoms with Crippen LogP contribution in [0.5, 0.6) is 0 Å². The van der Waals surface area contributed by atoms with Gasteiger partial charge in [-0.05, 0) is 41.6 Å². The second kappa shape index (κ2) is 2.80. The maximum Gasteiger partial charge on any atom is 0.146 e. The van der Waals surface area contributed by atoms with Gasteiger partial charge in [0.2, 0.25) is 0 Å². The van der Waals surface area contributed by atoms with Crippen LogP contribution in [0.4, 0.5) is 4.39 Å². The van der Waals surface area contributed by atoms with Gasteiger partial charge in [0.15, 0.2) is 0 Å². The highest BCUT2D eigenvalue weighted by atomic mass is 79.9. The zero-order chi connectivity index (χ0) is 8.72. The van der Waals surface area contributed by atoms with E-state index >= 15 is 0 Å². The van der Waals surface area contributed by atoms with E-state index in [1.54, 1.807) is 0 Å². The fourth-order valence-electron chi connectivity index (χ4n) is 1.33. The van der Waals surface area contributed by atoms with Gasteiger partial charge >= 0.3 is 0 Å². The molecule has 0 unspecified atom stereocenters. The fourth-order valence-corrected chi connectivity index (χ4v) is 1.94. The van der Waals surface area contributed by atoms with Crippen molar-refractivity contribution in [2.24, 2.45) is 0 Å². The third-order valence-electron chi connectivity index (χ3n) is 2.17. The Bertz CT molecular complexity index is 321. The molecule has 1 aliphatic rings. The molecule has 0 aliphatic heterocycles. The molecule has 0 bridgehead atoms. The summed E-state index contributed by atoms with van der Waals surface area (Å²) >= 11 is 3.37. The number of rotatable bonds is 1. The van der Waals surface area contributed by atoms with Crippen LogP contribution in [-0.2, 0) is 0 Å². The summed E-state index contributed by atoms with van der Waals surface area (Å²) < 4.78 is 14.1. The highest BCUT2D eigenvalue weighted by molar-refractivity contribution is 9.10. The van der Waals surface area contributed by atoms with Gasteiger partial charge in [-0.3, -0.25) is 4.98 Å². The molecule has 1 aromatic rings. The van der Waals surface area contributed by atoms with Gasteiger partial charge in [-0.25, -0.2) is 4.39 Å². The van der Waals surface area contributed by atoms with Crippen molar-refractivity contribution >= 4 is 15.9 Å². The third kappa shape index (κ3) is 1.26. The first-order valence-electron chi connectivity index (χ1n) is 4.00. The van der Waals surface area contributed by atoms with E-state index in [0.29, 0.717) is 5.92 Å². The second-order valence-corrected chi connectivity index (χ2v) is 3.99. The smallest absolute Gasteiger partial charge is 0.146 e. The van der Waals surface area contributed by atoms with Crippen molar-refractivity contribution in [1.29, 1.82) is 0 Å². The minimum absolute atomic E-state index is 0.171. The molecule has 1 nitrogen and oxygen atoms in total. The van der Waals surface area contributed by atoms with Crippen molar-refractivity contribution in [1.82, 2.24) is 4.98 Å². The highest BCUT2D eigenvalue weighted by Gasteiger charge is 2.29. The molecular formula is C9H9BrFN. The third-order valence-corrected chi connectivity index (χ3v) is 3.17. The van der Waals surface area contributed by atoms with Gasteiger partial charge < -0.3 is 0 Å². The predicted octanol–water partition coefficient (Wildman–Crippen LogP) is 3.17. The lowest BCUT2D eigenvalue weighted by atomic mass is 10.1. The Labute approximate surface area is 79.1 Å². The summed E-state index contributed by atoms with van der Waals surface area (Å²) in [7, 11) is 0. The SMILES string of the molecule is Cc1ncc(F)c(C2CC2)c1Br. The van der Waals surface area contributed by atoms with Crippen LogP contribution in [0.15, 0.2) is 10.7 Å². The number of nitrogens with zero attached hydrogens (tertiary/aromatic N) is 1. The number of hydrogen-bond donors (Lipinski definition) is 0. The monoisotopic (exact) mass is 229 g/mol. The Balaban J connectivity index is 2.55. The summed E-state index contributed by atoms with van der Waals surface area (Å²) in [5, 5.41) is 0. The molecule has 2 rings (SSSR count). The Kier molecular flexibility index (Phi) is 1.91. The molecule has 1 aromatic heterocycles.